The van der Waals surface area contributed by atoms with Crippen molar-refractivity contribution in [1.82, 2.24) is 4.31 Å². The molecule has 2 aliphatic rings. The second-order valence-electron chi connectivity index (χ2n) is 6.09. The molecule has 0 radical (unpaired) electrons. The van der Waals surface area contributed by atoms with E-state index in [1.807, 2.05) is 0 Å². The number of aliphatic carboxylic acids is 1. The van der Waals surface area contributed by atoms with Crippen molar-refractivity contribution in [2.75, 3.05) is 18.8 Å². The molecule has 5 nitrogen and oxygen atoms in total. The minimum Gasteiger partial charge on any atom is -0.481 e. The molecule has 0 bridgehead atoms. The van der Waals surface area contributed by atoms with E-state index >= 15 is 0 Å². The first-order valence-corrected chi connectivity index (χ1v) is 9.29. The molecule has 0 aromatic heterocycles. The zero-order valence-electron chi connectivity index (χ0n) is 12.0. The average Bonchev–Trinajstić information content (AvgIpc) is 2.52. The zero-order chi connectivity index (χ0) is 14.6. The van der Waals surface area contributed by atoms with Gasteiger partial charge in [0.05, 0.1) is 5.75 Å². The number of carboxylic acids is 1. The third-order valence-corrected chi connectivity index (χ3v) is 6.69. The Kier molecular flexibility index (Phi) is 5.43. The van der Waals surface area contributed by atoms with Crippen molar-refractivity contribution in [2.45, 2.75) is 51.4 Å². The first-order valence-electron chi connectivity index (χ1n) is 7.68. The molecule has 1 saturated carbocycles. The molecular formula is C14H25NO4S. The van der Waals surface area contributed by atoms with Gasteiger partial charge in [0.1, 0.15) is 0 Å². The second-order valence-corrected chi connectivity index (χ2v) is 8.18. The van der Waals surface area contributed by atoms with Crippen LogP contribution in [0.4, 0.5) is 0 Å². The van der Waals surface area contributed by atoms with Gasteiger partial charge < -0.3 is 5.11 Å². The van der Waals surface area contributed by atoms with Crippen molar-refractivity contribution in [2.24, 2.45) is 11.8 Å². The molecule has 0 amide bonds. The number of hydrogen-bond donors (Lipinski definition) is 1. The van der Waals surface area contributed by atoms with E-state index in [-0.39, 0.29) is 18.6 Å². The molecular weight excluding hydrogens is 278 g/mol. The summed E-state index contributed by atoms with van der Waals surface area (Å²) in [6.45, 7) is 1.23. The van der Waals surface area contributed by atoms with Gasteiger partial charge in [-0.3, -0.25) is 4.79 Å². The molecule has 1 aliphatic carbocycles. The molecule has 1 atom stereocenters. The van der Waals surface area contributed by atoms with Gasteiger partial charge in [0.15, 0.2) is 0 Å². The van der Waals surface area contributed by atoms with Gasteiger partial charge in [-0.2, -0.15) is 0 Å². The lowest BCUT2D eigenvalue weighted by Crippen LogP contribution is -2.34. The topological polar surface area (TPSA) is 74.7 Å². The van der Waals surface area contributed by atoms with Crippen LogP contribution in [0.3, 0.4) is 0 Å². The van der Waals surface area contributed by atoms with E-state index in [4.69, 9.17) is 5.11 Å². The summed E-state index contributed by atoms with van der Waals surface area (Å²) in [5, 5.41) is 8.59. The molecule has 2 fully saturated rings. The summed E-state index contributed by atoms with van der Waals surface area (Å²) in [5.74, 6) is 0.557. The van der Waals surface area contributed by atoms with E-state index in [1.165, 1.54) is 19.3 Å². The number of nitrogens with zero attached hydrogens (tertiary/aromatic N) is 1. The fourth-order valence-electron chi connectivity index (χ4n) is 3.29. The quantitative estimate of drug-likeness (QED) is 0.815. The van der Waals surface area contributed by atoms with Crippen LogP contribution >= 0.6 is 0 Å². The highest BCUT2D eigenvalue weighted by Gasteiger charge is 2.31. The molecule has 6 heteroatoms. The van der Waals surface area contributed by atoms with Crippen molar-refractivity contribution in [3.8, 4) is 0 Å². The molecule has 0 aromatic rings. The first kappa shape index (κ1) is 15.8. The molecule has 1 saturated heterocycles. The van der Waals surface area contributed by atoms with Gasteiger partial charge >= 0.3 is 5.97 Å². The maximum absolute atomic E-state index is 12.2. The Balaban J connectivity index is 1.83. The molecule has 1 N–H and O–H groups in total. The van der Waals surface area contributed by atoms with Gasteiger partial charge in [-0.1, -0.05) is 19.3 Å². The van der Waals surface area contributed by atoms with Crippen molar-refractivity contribution in [3.63, 3.8) is 0 Å². The molecule has 116 valence electrons. The highest BCUT2D eigenvalue weighted by atomic mass is 32.2. The maximum atomic E-state index is 12.2. The third kappa shape index (κ3) is 4.19. The van der Waals surface area contributed by atoms with Gasteiger partial charge in [-0.15, -0.1) is 0 Å². The van der Waals surface area contributed by atoms with Crippen molar-refractivity contribution in [1.29, 1.82) is 0 Å². The van der Waals surface area contributed by atoms with Gasteiger partial charge in [0.25, 0.3) is 0 Å². The summed E-state index contributed by atoms with van der Waals surface area (Å²) in [7, 11) is -3.27. The summed E-state index contributed by atoms with van der Waals surface area (Å²) in [6, 6.07) is 0. The van der Waals surface area contributed by atoms with Crippen LogP contribution < -0.4 is 0 Å². The van der Waals surface area contributed by atoms with E-state index in [9.17, 15) is 13.2 Å². The fourth-order valence-corrected chi connectivity index (χ4v) is 4.85. The highest BCUT2D eigenvalue weighted by molar-refractivity contribution is 7.89. The molecule has 0 aromatic carbocycles. The van der Waals surface area contributed by atoms with Crippen LogP contribution in [-0.2, 0) is 14.8 Å². The summed E-state index contributed by atoms with van der Waals surface area (Å²) in [6.07, 6.45) is 7.16. The summed E-state index contributed by atoms with van der Waals surface area (Å²) < 4.78 is 26.0. The normalized spacial score (nSPS) is 25.9. The minimum atomic E-state index is -3.27. The smallest absolute Gasteiger partial charge is 0.303 e. The molecule has 0 spiro atoms. The summed E-state index contributed by atoms with van der Waals surface area (Å²) in [4.78, 5) is 10.5. The van der Waals surface area contributed by atoms with Crippen LogP contribution in [0.15, 0.2) is 0 Å². The lowest BCUT2D eigenvalue weighted by molar-refractivity contribution is -0.137. The number of carboxylic acid groups (broad SMARTS) is 1. The highest BCUT2D eigenvalue weighted by Crippen LogP contribution is 2.38. The van der Waals surface area contributed by atoms with Crippen LogP contribution in [0.5, 0.6) is 0 Å². The standard InChI is InChI=1S/C14H25NO4S/c16-14(17)7-3-11-20(18,19)15-9-2-6-13(8-10-15)12-4-1-5-12/h12-13H,1-11H2,(H,16,17). The fraction of sp³-hybridized carbons (Fsp3) is 0.929. The van der Waals surface area contributed by atoms with Crippen molar-refractivity contribution in [3.05, 3.63) is 0 Å². The maximum Gasteiger partial charge on any atom is 0.303 e. The Morgan fingerprint density at radius 2 is 1.70 bits per heavy atom. The Labute approximate surface area is 121 Å². The van der Waals surface area contributed by atoms with Gasteiger partial charge in [-0.05, 0) is 37.5 Å². The van der Waals surface area contributed by atoms with Crippen LogP contribution in [0.2, 0.25) is 0 Å². The Morgan fingerprint density at radius 3 is 2.30 bits per heavy atom. The molecule has 1 heterocycles. The van der Waals surface area contributed by atoms with E-state index in [0.717, 1.165) is 25.2 Å². The molecule has 2 rings (SSSR count). The Bertz CT molecular complexity index is 430. The Hall–Kier alpha value is -0.620. The van der Waals surface area contributed by atoms with Crippen LogP contribution in [0, 0.1) is 11.8 Å². The molecule has 20 heavy (non-hydrogen) atoms. The Morgan fingerprint density at radius 1 is 1.05 bits per heavy atom. The number of hydrogen-bond acceptors (Lipinski definition) is 3. The summed E-state index contributed by atoms with van der Waals surface area (Å²) in [5.41, 5.74) is 0. The van der Waals surface area contributed by atoms with Gasteiger partial charge in [0, 0.05) is 19.5 Å². The predicted molar refractivity (Wildman–Crippen MR) is 76.9 cm³/mol. The largest absolute Gasteiger partial charge is 0.481 e. The third-order valence-electron chi connectivity index (χ3n) is 4.73. The SMILES string of the molecule is O=C(O)CCCS(=O)(=O)N1CCCC(C2CCC2)CC1. The molecule has 1 unspecified atom stereocenters. The first-order chi connectivity index (χ1) is 9.49. The van der Waals surface area contributed by atoms with Crippen LogP contribution in [0.25, 0.3) is 0 Å². The number of rotatable bonds is 6. The lowest BCUT2D eigenvalue weighted by atomic mass is 9.73. The summed E-state index contributed by atoms with van der Waals surface area (Å²) >= 11 is 0. The zero-order valence-corrected chi connectivity index (χ0v) is 12.8. The lowest BCUT2D eigenvalue weighted by Gasteiger charge is -2.33. The van der Waals surface area contributed by atoms with Gasteiger partial charge in [0.2, 0.25) is 10.0 Å². The van der Waals surface area contributed by atoms with Crippen molar-refractivity contribution >= 4 is 16.0 Å². The second kappa shape index (κ2) is 6.89. The predicted octanol–water partition coefficient (Wildman–Crippen LogP) is 2.08. The van der Waals surface area contributed by atoms with E-state index < -0.39 is 16.0 Å². The van der Waals surface area contributed by atoms with Crippen LogP contribution in [0.1, 0.15) is 51.4 Å². The van der Waals surface area contributed by atoms with E-state index in [0.29, 0.717) is 19.0 Å². The molecule has 1 aliphatic heterocycles. The monoisotopic (exact) mass is 303 g/mol. The minimum absolute atomic E-state index is 0.0343. The van der Waals surface area contributed by atoms with E-state index in [1.54, 1.807) is 4.31 Å². The number of carbonyl (C=O) groups is 1. The van der Waals surface area contributed by atoms with Crippen molar-refractivity contribution < 1.29 is 18.3 Å². The average molecular weight is 303 g/mol. The van der Waals surface area contributed by atoms with E-state index in [2.05, 4.69) is 0 Å². The van der Waals surface area contributed by atoms with Gasteiger partial charge in [-0.25, -0.2) is 12.7 Å². The van der Waals surface area contributed by atoms with Crippen LogP contribution in [-0.4, -0.2) is 42.6 Å². The number of sulfonamides is 1.